The third-order valence-corrected chi connectivity index (χ3v) is 4.08. The van der Waals surface area contributed by atoms with Crippen molar-refractivity contribution in [1.82, 2.24) is 4.90 Å². The van der Waals surface area contributed by atoms with Gasteiger partial charge in [0.05, 0.1) is 12.2 Å². The van der Waals surface area contributed by atoms with Crippen LogP contribution in [0.5, 0.6) is 5.75 Å². The molecule has 5 nitrogen and oxygen atoms in total. The molecular formula is C20H29NO4. The van der Waals surface area contributed by atoms with Gasteiger partial charge in [0.2, 0.25) is 0 Å². The molecule has 1 heterocycles. The van der Waals surface area contributed by atoms with Crippen LogP contribution in [0.3, 0.4) is 0 Å². The van der Waals surface area contributed by atoms with Gasteiger partial charge in [0.25, 0.3) is 0 Å². The van der Waals surface area contributed by atoms with Gasteiger partial charge in [0, 0.05) is 13.1 Å². The van der Waals surface area contributed by atoms with Gasteiger partial charge in [-0.1, -0.05) is 13.8 Å². The van der Waals surface area contributed by atoms with Crippen LogP contribution < -0.4 is 4.74 Å². The summed E-state index contributed by atoms with van der Waals surface area (Å²) in [6.45, 7) is 11.5. The first-order valence-electron chi connectivity index (χ1n) is 8.91. The molecule has 0 N–H and O–H groups in total. The van der Waals surface area contributed by atoms with Gasteiger partial charge in [0.15, 0.2) is 6.29 Å². The van der Waals surface area contributed by atoms with Crippen LogP contribution in [-0.2, 0) is 17.7 Å². The Hall–Kier alpha value is -2.04. The third-order valence-electron chi connectivity index (χ3n) is 4.08. The van der Waals surface area contributed by atoms with E-state index < -0.39 is 5.60 Å². The number of hydrogen-bond acceptors (Lipinski definition) is 4. The van der Waals surface area contributed by atoms with Gasteiger partial charge in [-0.25, -0.2) is 4.79 Å². The predicted molar refractivity (Wildman–Crippen MR) is 97.1 cm³/mol. The molecule has 0 saturated heterocycles. The van der Waals surface area contributed by atoms with Crippen LogP contribution in [0.25, 0.3) is 0 Å². The summed E-state index contributed by atoms with van der Waals surface area (Å²) < 4.78 is 11.2. The lowest BCUT2D eigenvalue weighted by atomic mass is 9.97. The molecule has 2 rings (SSSR count). The zero-order valence-electron chi connectivity index (χ0n) is 15.9. The van der Waals surface area contributed by atoms with Crippen molar-refractivity contribution in [3.05, 3.63) is 28.8 Å². The standard InChI is InChI=1S/C20H29NO4/c1-14(2)7-9-24-18-11-15-6-8-21(19(23)25-20(3,4)5)12-16(15)10-17(18)13-22/h10-11,13-14H,6-9,12H2,1-5H3. The number of benzene rings is 1. The molecule has 138 valence electrons. The Balaban J connectivity index is 2.12. The topological polar surface area (TPSA) is 55.8 Å². The van der Waals surface area contributed by atoms with Crippen LogP contribution in [0.1, 0.15) is 62.5 Å². The number of carbonyl (C=O) groups excluding carboxylic acids is 2. The summed E-state index contributed by atoms with van der Waals surface area (Å²) in [5.41, 5.74) is 2.13. The van der Waals surface area contributed by atoms with E-state index in [1.165, 1.54) is 0 Å². The second kappa shape index (κ2) is 7.89. The number of fused-ring (bicyclic) bond motifs is 1. The average Bonchev–Trinajstić information content (AvgIpc) is 2.51. The molecule has 1 aromatic carbocycles. The molecule has 1 amide bonds. The molecule has 0 radical (unpaired) electrons. The van der Waals surface area contributed by atoms with E-state index in [1.54, 1.807) is 4.90 Å². The van der Waals surface area contributed by atoms with Crippen LogP contribution in [-0.4, -0.2) is 36.0 Å². The molecule has 0 bridgehead atoms. The predicted octanol–water partition coefficient (Wildman–Crippen LogP) is 4.22. The van der Waals surface area contributed by atoms with E-state index in [0.717, 1.165) is 30.3 Å². The Morgan fingerprint density at radius 3 is 2.60 bits per heavy atom. The fourth-order valence-corrected chi connectivity index (χ4v) is 2.71. The number of hydrogen-bond donors (Lipinski definition) is 0. The molecule has 1 aromatic rings. The highest BCUT2D eigenvalue weighted by Gasteiger charge is 2.26. The van der Waals surface area contributed by atoms with Gasteiger partial charge < -0.3 is 14.4 Å². The van der Waals surface area contributed by atoms with Gasteiger partial charge in [-0.3, -0.25) is 4.79 Å². The van der Waals surface area contributed by atoms with Crippen molar-refractivity contribution in [2.45, 2.75) is 59.6 Å². The van der Waals surface area contributed by atoms with Crippen molar-refractivity contribution in [3.8, 4) is 5.75 Å². The maximum atomic E-state index is 12.3. The second-order valence-corrected chi connectivity index (χ2v) is 7.96. The van der Waals surface area contributed by atoms with Gasteiger partial charge in [0.1, 0.15) is 11.4 Å². The minimum Gasteiger partial charge on any atom is -0.493 e. The summed E-state index contributed by atoms with van der Waals surface area (Å²) in [4.78, 5) is 25.4. The first-order valence-corrected chi connectivity index (χ1v) is 8.91. The molecule has 25 heavy (non-hydrogen) atoms. The maximum absolute atomic E-state index is 12.3. The first kappa shape index (κ1) is 19.3. The van der Waals surface area contributed by atoms with Gasteiger partial charge in [-0.2, -0.15) is 0 Å². The summed E-state index contributed by atoms with van der Waals surface area (Å²) in [5, 5.41) is 0. The van der Waals surface area contributed by atoms with Gasteiger partial charge >= 0.3 is 6.09 Å². The number of amides is 1. The first-order chi connectivity index (χ1) is 11.7. The van der Waals surface area contributed by atoms with E-state index in [4.69, 9.17) is 9.47 Å². The van der Waals surface area contributed by atoms with Gasteiger partial charge in [-0.05, 0) is 62.8 Å². The zero-order chi connectivity index (χ0) is 18.6. The second-order valence-electron chi connectivity index (χ2n) is 7.96. The lowest BCUT2D eigenvalue weighted by Gasteiger charge is -2.31. The van der Waals surface area contributed by atoms with Crippen molar-refractivity contribution in [2.75, 3.05) is 13.2 Å². The molecular weight excluding hydrogens is 318 g/mol. The molecule has 0 aliphatic carbocycles. The summed E-state index contributed by atoms with van der Waals surface area (Å²) in [6.07, 6.45) is 2.18. The summed E-state index contributed by atoms with van der Waals surface area (Å²) in [5.74, 6) is 1.19. The van der Waals surface area contributed by atoms with Crippen molar-refractivity contribution >= 4 is 12.4 Å². The van der Waals surface area contributed by atoms with E-state index in [0.29, 0.717) is 36.9 Å². The smallest absolute Gasteiger partial charge is 0.410 e. The normalized spacial score (nSPS) is 14.2. The highest BCUT2D eigenvalue weighted by atomic mass is 16.6. The number of aldehydes is 1. The summed E-state index contributed by atoms with van der Waals surface area (Å²) >= 11 is 0. The molecule has 0 aromatic heterocycles. The van der Waals surface area contributed by atoms with Crippen molar-refractivity contribution in [3.63, 3.8) is 0 Å². The van der Waals surface area contributed by atoms with E-state index >= 15 is 0 Å². The minimum absolute atomic E-state index is 0.317. The Morgan fingerprint density at radius 2 is 2.00 bits per heavy atom. The molecule has 0 spiro atoms. The van der Waals surface area contributed by atoms with Gasteiger partial charge in [-0.15, -0.1) is 0 Å². The van der Waals surface area contributed by atoms with Crippen LogP contribution in [0.2, 0.25) is 0 Å². The molecule has 0 saturated carbocycles. The van der Waals surface area contributed by atoms with E-state index in [-0.39, 0.29) is 6.09 Å². The Bertz CT molecular complexity index is 631. The van der Waals surface area contributed by atoms with E-state index in [2.05, 4.69) is 13.8 Å². The third kappa shape index (κ3) is 5.48. The highest BCUT2D eigenvalue weighted by molar-refractivity contribution is 5.80. The lowest BCUT2D eigenvalue weighted by Crippen LogP contribution is -2.39. The quantitative estimate of drug-likeness (QED) is 0.749. The fourth-order valence-electron chi connectivity index (χ4n) is 2.71. The Morgan fingerprint density at radius 1 is 1.28 bits per heavy atom. The fraction of sp³-hybridized carbons (Fsp3) is 0.600. The number of rotatable bonds is 5. The SMILES string of the molecule is CC(C)CCOc1cc2c(cc1C=O)CN(C(=O)OC(C)(C)C)CC2. The summed E-state index contributed by atoms with van der Waals surface area (Å²) in [6, 6.07) is 3.79. The molecule has 1 aliphatic heterocycles. The minimum atomic E-state index is -0.514. The van der Waals surface area contributed by atoms with Crippen LogP contribution in [0, 0.1) is 5.92 Å². The van der Waals surface area contributed by atoms with E-state index in [1.807, 2.05) is 32.9 Å². The molecule has 5 heteroatoms. The average molecular weight is 347 g/mol. The Kier molecular flexibility index (Phi) is 6.09. The van der Waals surface area contributed by atoms with Crippen molar-refractivity contribution in [1.29, 1.82) is 0 Å². The molecule has 1 aliphatic rings. The molecule has 0 atom stereocenters. The van der Waals surface area contributed by atoms with Crippen LogP contribution >= 0.6 is 0 Å². The summed E-state index contributed by atoms with van der Waals surface area (Å²) in [7, 11) is 0. The molecule has 0 fully saturated rings. The monoisotopic (exact) mass is 347 g/mol. The van der Waals surface area contributed by atoms with Crippen LogP contribution in [0.4, 0.5) is 4.79 Å². The van der Waals surface area contributed by atoms with Crippen molar-refractivity contribution in [2.24, 2.45) is 5.92 Å². The van der Waals surface area contributed by atoms with Crippen molar-refractivity contribution < 1.29 is 19.1 Å². The Labute approximate surface area is 150 Å². The molecule has 0 unspecified atom stereocenters. The maximum Gasteiger partial charge on any atom is 0.410 e. The number of ether oxygens (including phenoxy) is 2. The highest BCUT2D eigenvalue weighted by Crippen LogP contribution is 2.28. The number of nitrogens with zero attached hydrogens (tertiary/aromatic N) is 1. The number of carbonyl (C=O) groups is 2. The lowest BCUT2D eigenvalue weighted by molar-refractivity contribution is 0.0224. The van der Waals surface area contributed by atoms with Crippen LogP contribution in [0.15, 0.2) is 12.1 Å². The largest absolute Gasteiger partial charge is 0.493 e. The zero-order valence-corrected chi connectivity index (χ0v) is 15.9. The van der Waals surface area contributed by atoms with E-state index in [9.17, 15) is 9.59 Å².